The molecule has 6 nitrogen and oxygen atoms in total. The topological polar surface area (TPSA) is 73.8 Å². The third kappa shape index (κ3) is 6.07. The molecule has 2 heterocycles. The largest absolute Gasteiger partial charge is 0.357 e. The molecule has 0 aromatic carbocycles. The minimum Gasteiger partial charge on any atom is -0.357 e. The molecule has 24 heavy (non-hydrogen) atoms. The van der Waals surface area contributed by atoms with Gasteiger partial charge in [-0.2, -0.15) is 0 Å². The van der Waals surface area contributed by atoms with E-state index in [-0.39, 0.29) is 5.75 Å². The standard InChI is InChI=1S/C16H28N4O2S2/c1-3-17-16(18-7-9-20-8-5-11-24(20,21)22)19-13-14(2)12-15-6-4-10-23-15/h4,6,10,14H,3,5,7-9,11-13H2,1-2H3,(H2,17,18,19). The molecule has 1 atom stereocenters. The number of nitrogens with one attached hydrogen (secondary N) is 2. The number of hydrogen-bond donors (Lipinski definition) is 2. The Morgan fingerprint density at radius 2 is 2.29 bits per heavy atom. The number of sulfonamides is 1. The first-order valence-electron chi connectivity index (χ1n) is 8.53. The highest BCUT2D eigenvalue weighted by Crippen LogP contribution is 2.14. The highest BCUT2D eigenvalue weighted by atomic mass is 32.2. The number of guanidine groups is 1. The van der Waals surface area contributed by atoms with E-state index >= 15 is 0 Å². The summed E-state index contributed by atoms with van der Waals surface area (Å²) in [5.41, 5.74) is 0. The second kappa shape index (κ2) is 9.39. The summed E-state index contributed by atoms with van der Waals surface area (Å²) in [7, 11) is -3.02. The summed E-state index contributed by atoms with van der Waals surface area (Å²) in [4.78, 5) is 6.01. The summed E-state index contributed by atoms with van der Waals surface area (Å²) in [6.45, 7) is 7.46. The molecule has 0 aliphatic carbocycles. The number of hydrogen-bond acceptors (Lipinski definition) is 4. The molecule has 1 aliphatic rings. The first kappa shape index (κ1) is 19.2. The summed E-state index contributed by atoms with van der Waals surface area (Å²) >= 11 is 1.78. The number of aliphatic imine (C=N–C) groups is 1. The van der Waals surface area contributed by atoms with E-state index in [0.29, 0.717) is 25.6 Å². The van der Waals surface area contributed by atoms with E-state index in [4.69, 9.17) is 0 Å². The lowest BCUT2D eigenvalue weighted by molar-refractivity contribution is 0.445. The lowest BCUT2D eigenvalue weighted by Crippen LogP contribution is -2.42. The molecule has 1 unspecified atom stereocenters. The van der Waals surface area contributed by atoms with Crippen LogP contribution in [0.25, 0.3) is 0 Å². The van der Waals surface area contributed by atoms with E-state index in [2.05, 4.69) is 40.1 Å². The van der Waals surface area contributed by atoms with Crippen molar-refractivity contribution in [2.45, 2.75) is 26.7 Å². The molecule has 0 spiro atoms. The minimum atomic E-state index is -3.02. The van der Waals surface area contributed by atoms with Crippen molar-refractivity contribution in [2.24, 2.45) is 10.9 Å². The van der Waals surface area contributed by atoms with Gasteiger partial charge in [0.2, 0.25) is 10.0 Å². The Morgan fingerprint density at radius 1 is 1.46 bits per heavy atom. The minimum absolute atomic E-state index is 0.279. The van der Waals surface area contributed by atoms with Crippen molar-refractivity contribution in [3.63, 3.8) is 0 Å². The van der Waals surface area contributed by atoms with Crippen molar-refractivity contribution in [2.75, 3.05) is 38.5 Å². The Morgan fingerprint density at radius 3 is 2.92 bits per heavy atom. The summed E-state index contributed by atoms with van der Waals surface area (Å²) in [5.74, 6) is 1.51. The zero-order chi connectivity index (χ0) is 17.4. The molecular formula is C16H28N4O2S2. The second-order valence-corrected chi connectivity index (χ2v) is 9.22. The van der Waals surface area contributed by atoms with Gasteiger partial charge in [0.25, 0.3) is 0 Å². The van der Waals surface area contributed by atoms with Crippen molar-refractivity contribution in [1.29, 1.82) is 0 Å². The lowest BCUT2D eigenvalue weighted by Gasteiger charge is -2.17. The monoisotopic (exact) mass is 372 g/mol. The van der Waals surface area contributed by atoms with Crippen LogP contribution in [0.5, 0.6) is 0 Å². The lowest BCUT2D eigenvalue weighted by atomic mass is 10.1. The van der Waals surface area contributed by atoms with Crippen LogP contribution in [0.2, 0.25) is 0 Å². The molecule has 1 fully saturated rings. The Labute approximate surface area is 149 Å². The molecule has 2 rings (SSSR count). The molecule has 1 aromatic heterocycles. The molecule has 0 amide bonds. The number of thiophene rings is 1. The van der Waals surface area contributed by atoms with Crippen molar-refractivity contribution in [3.05, 3.63) is 22.4 Å². The Kier molecular flexibility index (Phi) is 7.51. The van der Waals surface area contributed by atoms with Crippen LogP contribution in [-0.4, -0.2) is 57.2 Å². The van der Waals surface area contributed by atoms with Gasteiger partial charge in [0.05, 0.1) is 5.75 Å². The quantitative estimate of drug-likeness (QED) is 0.536. The first-order chi connectivity index (χ1) is 11.5. The van der Waals surface area contributed by atoms with Crippen LogP contribution in [0, 0.1) is 5.92 Å². The average molecular weight is 373 g/mol. The fraction of sp³-hybridized carbons (Fsp3) is 0.688. The fourth-order valence-corrected chi connectivity index (χ4v) is 5.07. The van der Waals surface area contributed by atoms with E-state index in [1.807, 2.05) is 6.92 Å². The van der Waals surface area contributed by atoms with Gasteiger partial charge >= 0.3 is 0 Å². The predicted molar refractivity (Wildman–Crippen MR) is 101 cm³/mol. The van der Waals surface area contributed by atoms with Gasteiger partial charge in [0, 0.05) is 37.6 Å². The summed E-state index contributed by atoms with van der Waals surface area (Å²) in [6, 6.07) is 4.23. The van der Waals surface area contributed by atoms with Gasteiger partial charge in [0.1, 0.15) is 0 Å². The van der Waals surface area contributed by atoms with Crippen LogP contribution >= 0.6 is 11.3 Å². The van der Waals surface area contributed by atoms with Gasteiger partial charge < -0.3 is 10.6 Å². The summed E-state index contributed by atoms with van der Waals surface area (Å²) in [6.07, 6.45) is 1.77. The van der Waals surface area contributed by atoms with Crippen LogP contribution in [0.4, 0.5) is 0 Å². The molecule has 1 aromatic rings. The molecular weight excluding hydrogens is 344 g/mol. The van der Waals surface area contributed by atoms with Gasteiger partial charge in [-0.1, -0.05) is 13.0 Å². The van der Waals surface area contributed by atoms with Gasteiger partial charge in [-0.3, -0.25) is 4.99 Å². The molecule has 0 bridgehead atoms. The predicted octanol–water partition coefficient (Wildman–Crippen LogP) is 1.52. The Bertz CT molecular complexity index is 614. The maximum atomic E-state index is 11.8. The molecule has 0 saturated carbocycles. The SMILES string of the molecule is CCNC(=NCC(C)Cc1cccs1)NCCN1CCCS1(=O)=O. The van der Waals surface area contributed by atoms with Crippen LogP contribution in [0.1, 0.15) is 25.1 Å². The maximum absolute atomic E-state index is 11.8. The Balaban J connectivity index is 1.77. The van der Waals surface area contributed by atoms with Gasteiger partial charge in [0.15, 0.2) is 5.96 Å². The molecule has 136 valence electrons. The highest BCUT2D eigenvalue weighted by molar-refractivity contribution is 7.89. The summed E-state index contributed by atoms with van der Waals surface area (Å²) < 4.78 is 25.1. The van der Waals surface area contributed by atoms with Crippen LogP contribution in [-0.2, 0) is 16.4 Å². The van der Waals surface area contributed by atoms with Gasteiger partial charge in [-0.05, 0) is 37.1 Å². The second-order valence-electron chi connectivity index (χ2n) is 6.10. The van der Waals surface area contributed by atoms with Crippen molar-refractivity contribution in [1.82, 2.24) is 14.9 Å². The highest BCUT2D eigenvalue weighted by Gasteiger charge is 2.27. The average Bonchev–Trinajstić information content (AvgIpc) is 3.14. The van der Waals surface area contributed by atoms with E-state index in [9.17, 15) is 8.42 Å². The zero-order valence-corrected chi connectivity index (χ0v) is 16.1. The van der Waals surface area contributed by atoms with Crippen LogP contribution in [0.15, 0.2) is 22.5 Å². The zero-order valence-electron chi connectivity index (χ0n) is 14.5. The van der Waals surface area contributed by atoms with E-state index < -0.39 is 10.0 Å². The Hall–Kier alpha value is -1.12. The molecule has 2 N–H and O–H groups in total. The van der Waals surface area contributed by atoms with Gasteiger partial charge in [-0.15, -0.1) is 11.3 Å². The normalized spacial score (nSPS) is 19.3. The van der Waals surface area contributed by atoms with Crippen LogP contribution in [0.3, 0.4) is 0 Å². The maximum Gasteiger partial charge on any atom is 0.214 e. The van der Waals surface area contributed by atoms with E-state index in [0.717, 1.165) is 31.9 Å². The third-order valence-corrected chi connectivity index (χ3v) is 6.75. The third-order valence-electron chi connectivity index (χ3n) is 3.89. The molecule has 8 heteroatoms. The molecule has 0 radical (unpaired) electrons. The van der Waals surface area contributed by atoms with Crippen molar-refractivity contribution < 1.29 is 8.42 Å². The molecule has 1 aliphatic heterocycles. The van der Waals surface area contributed by atoms with Crippen molar-refractivity contribution in [3.8, 4) is 0 Å². The van der Waals surface area contributed by atoms with E-state index in [1.54, 1.807) is 15.6 Å². The summed E-state index contributed by atoms with van der Waals surface area (Å²) in [5, 5.41) is 8.55. The van der Waals surface area contributed by atoms with Crippen LogP contribution < -0.4 is 10.6 Å². The van der Waals surface area contributed by atoms with E-state index in [1.165, 1.54) is 4.88 Å². The fourth-order valence-electron chi connectivity index (χ4n) is 2.67. The number of nitrogens with zero attached hydrogens (tertiary/aromatic N) is 2. The molecule has 1 saturated heterocycles. The smallest absolute Gasteiger partial charge is 0.214 e. The first-order valence-corrected chi connectivity index (χ1v) is 11.0. The van der Waals surface area contributed by atoms with Gasteiger partial charge in [-0.25, -0.2) is 12.7 Å². The van der Waals surface area contributed by atoms with Crippen molar-refractivity contribution >= 4 is 27.3 Å². The number of rotatable bonds is 8.